The van der Waals surface area contributed by atoms with Gasteiger partial charge in [0.1, 0.15) is 19.3 Å². The van der Waals surface area contributed by atoms with Crippen LogP contribution in [-0.4, -0.2) is 96.7 Å². The van der Waals surface area contributed by atoms with E-state index in [9.17, 15) is 43.2 Å². The van der Waals surface area contributed by atoms with Crippen molar-refractivity contribution in [3.63, 3.8) is 0 Å². The first-order valence-electron chi connectivity index (χ1n) is 50.0. The zero-order chi connectivity index (χ0) is 84.8. The highest BCUT2D eigenvalue weighted by atomic mass is 31.2. The van der Waals surface area contributed by atoms with Crippen molar-refractivity contribution in [1.29, 1.82) is 0 Å². The van der Waals surface area contributed by atoms with Gasteiger partial charge in [-0.1, -0.05) is 478 Å². The molecule has 0 bridgehead atoms. The number of carbonyl (C=O) groups is 4. The van der Waals surface area contributed by atoms with E-state index >= 15 is 0 Å². The predicted octanol–water partition coefficient (Wildman–Crippen LogP) is 30.5. The van der Waals surface area contributed by atoms with Crippen LogP contribution in [0.3, 0.4) is 0 Å². The number of ether oxygens (including phenoxy) is 4. The third-order valence-electron chi connectivity index (χ3n) is 23.3. The molecule has 0 aromatic rings. The van der Waals surface area contributed by atoms with Crippen LogP contribution in [0.15, 0.2) is 0 Å². The smallest absolute Gasteiger partial charge is 0.462 e. The fourth-order valence-electron chi connectivity index (χ4n) is 15.3. The number of esters is 4. The molecule has 0 rings (SSSR count). The SMILES string of the molecule is CCCCCCCCCCCCCCCCCCCCCCCCC(=O)OC[C@H](COP(=O)(O)OC[C@@H](O)COP(=O)(O)OC[C@@H](COC(=O)CCCCCCCCCCCC(C)C)OC(=O)CCCCCCCCCCCCCCCCCCCCCC)OC(=O)CCCCCCCCCCCCCCCCCCCCC(C)CC. The van der Waals surface area contributed by atoms with Crippen LogP contribution in [0.5, 0.6) is 0 Å². The Balaban J connectivity index is 5.23. The molecule has 0 fully saturated rings. The third-order valence-corrected chi connectivity index (χ3v) is 25.2. The molecule has 0 aromatic heterocycles. The summed E-state index contributed by atoms with van der Waals surface area (Å²) in [6.07, 6.45) is 85.0. The maximum atomic E-state index is 13.2. The van der Waals surface area contributed by atoms with E-state index in [2.05, 4.69) is 41.5 Å². The second-order valence-corrected chi connectivity index (χ2v) is 38.4. The predicted molar refractivity (Wildman–Crippen MR) is 483 cm³/mol. The second kappa shape index (κ2) is 87.9. The molecule has 0 aliphatic rings. The lowest BCUT2D eigenvalue weighted by atomic mass is 9.99. The number of phosphoric acid groups is 2. The first-order valence-corrected chi connectivity index (χ1v) is 53.0. The van der Waals surface area contributed by atoms with Gasteiger partial charge in [0.15, 0.2) is 12.2 Å². The van der Waals surface area contributed by atoms with Crippen LogP contribution < -0.4 is 0 Å². The summed E-state index contributed by atoms with van der Waals surface area (Å²) in [5.41, 5.74) is 0. The molecule has 0 aliphatic carbocycles. The molecule has 116 heavy (non-hydrogen) atoms. The summed E-state index contributed by atoms with van der Waals surface area (Å²) in [6, 6.07) is 0. The number of unbranched alkanes of at least 4 members (excludes halogenated alkanes) is 65. The molecule has 0 aliphatic heterocycles. The van der Waals surface area contributed by atoms with E-state index in [0.717, 1.165) is 102 Å². The Morgan fingerprint density at radius 2 is 0.440 bits per heavy atom. The molecular formula is C97H190O17P2. The molecule has 0 amide bonds. The number of phosphoric ester groups is 2. The van der Waals surface area contributed by atoms with Gasteiger partial charge in [0.25, 0.3) is 0 Å². The number of carbonyl (C=O) groups excluding carboxylic acids is 4. The number of aliphatic hydroxyl groups excluding tert-OH is 1. The molecule has 3 unspecified atom stereocenters. The molecule has 6 atom stereocenters. The van der Waals surface area contributed by atoms with E-state index in [-0.39, 0.29) is 25.7 Å². The van der Waals surface area contributed by atoms with Crippen molar-refractivity contribution in [2.24, 2.45) is 11.8 Å². The fourth-order valence-corrected chi connectivity index (χ4v) is 16.9. The second-order valence-electron chi connectivity index (χ2n) is 35.5. The monoisotopic (exact) mass is 1690 g/mol. The van der Waals surface area contributed by atoms with Crippen LogP contribution in [0.4, 0.5) is 0 Å². The van der Waals surface area contributed by atoms with Gasteiger partial charge < -0.3 is 33.8 Å². The molecule has 0 heterocycles. The Kier molecular flexibility index (Phi) is 86.5. The van der Waals surface area contributed by atoms with E-state index in [1.807, 2.05) is 0 Å². The first kappa shape index (κ1) is 114. The molecule has 0 saturated carbocycles. The van der Waals surface area contributed by atoms with Gasteiger partial charge in [-0.15, -0.1) is 0 Å². The molecule has 3 N–H and O–H groups in total. The fraction of sp³-hybridized carbons (Fsp3) is 0.959. The Morgan fingerprint density at radius 1 is 0.250 bits per heavy atom. The van der Waals surface area contributed by atoms with E-state index in [4.69, 9.17) is 37.0 Å². The summed E-state index contributed by atoms with van der Waals surface area (Å²) in [5.74, 6) is -0.476. The largest absolute Gasteiger partial charge is 0.472 e. The zero-order valence-corrected chi connectivity index (χ0v) is 78.6. The zero-order valence-electron chi connectivity index (χ0n) is 76.8. The molecule has 0 spiro atoms. The number of rotatable bonds is 96. The van der Waals surface area contributed by atoms with Crippen LogP contribution in [0.1, 0.15) is 530 Å². The average Bonchev–Trinajstić information content (AvgIpc) is 0.896. The average molecular weight is 1690 g/mol. The Morgan fingerprint density at radius 3 is 0.655 bits per heavy atom. The van der Waals surface area contributed by atoms with E-state index in [1.54, 1.807) is 0 Å². The van der Waals surface area contributed by atoms with Crippen molar-refractivity contribution >= 4 is 39.5 Å². The lowest BCUT2D eigenvalue weighted by Gasteiger charge is -2.21. The maximum Gasteiger partial charge on any atom is 0.472 e. The minimum Gasteiger partial charge on any atom is -0.462 e. The maximum absolute atomic E-state index is 13.2. The molecule has 0 saturated heterocycles. The highest BCUT2D eigenvalue weighted by Gasteiger charge is 2.31. The summed E-state index contributed by atoms with van der Waals surface area (Å²) in [7, 11) is -9.94. The van der Waals surface area contributed by atoms with Crippen LogP contribution in [-0.2, 0) is 65.4 Å². The van der Waals surface area contributed by atoms with Gasteiger partial charge in [-0.25, -0.2) is 9.13 Å². The highest BCUT2D eigenvalue weighted by molar-refractivity contribution is 7.47. The first-order chi connectivity index (χ1) is 56.4. The van der Waals surface area contributed by atoms with Crippen LogP contribution in [0.25, 0.3) is 0 Å². The van der Waals surface area contributed by atoms with Crippen molar-refractivity contribution in [2.45, 2.75) is 548 Å². The van der Waals surface area contributed by atoms with E-state index in [1.165, 1.54) is 347 Å². The van der Waals surface area contributed by atoms with Crippen molar-refractivity contribution in [3.05, 3.63) is 0 Å². The van der Waals surface area contributed by atoms with Gasteiger partial charge in [0.2, 0.25) is 0 Å². The van der Waals surface area contributed by atoms with Gasteiger partial charge in [0.05, 0.1) is 26.4 Å². The van der Waals surface area contributed by atoms with Gasteiger partial charge in [-0.3, -0.25) is 37.3 Å². The minimum atomic E-state index is -4.97. The topological polar surface area (TPSA) is 237 Å². The van der Waals surface area contributed by atoms with E-state index < -0.39 is 97.5 Å². The quantitative estimate of drug-likeness (QED) is 0.0222. The highest BCUT2D eigenvalue weighted by Crippen LogP contribution is 2.45. The lowest BCUT2D eigenvalue weighted by molar-refractivity contribution is -0.161. The number of aliphatic hydroxyl groups is 1. The number of hydrogen-bond acceptors (Lipinski definition) is 15. The summed E-state index contributed by atoms with van der Waals surface area (Å²) < 4.78 is 69.3. The molecule has 0 radical (unpaired) electrons. The molecule has 690 valence electrons. The minimum absolute atomic E-state index is 0.109. The van der Waals surface area contributed by atoms with Crippen LogP contribution in [0, 0.1) is 11.8 Å². The van der Waals surface area contributed by atoms with Crippen molar-refractivity contribution in [1.82, 2.24) is 0 Å². The lowest BCUT2D eigenvalue weighted by Crippen LogP contribution is -2.30. The summed E-state index contributed by atoms with van der Waals surface area (Å²) in [6.45, 7) is 9.78. The van der Waals surface area contributed by atoms with Crippen molar-refractivity contribution in [2.75, 3.05) is 39.6 Å². The molecule has 17 nitrogen and oxygen atoms in total. The van der Waals surface area contributed by atoms with Gasteiger partial charge in [-0.05, 0) is 37.5 Å². The summed E-state index contributed by atoms with van der Waals surface area (Å²) in [4.78, 5) is 73.6. The normalized spacial score (nSPS) is 13.9. The molecule has 19 heteroatoms. The van der Waals surface area contributed by atoms with Gasteiger partial charge in [0, 0.05) is 25.7 Å². The Bertz CT molecular complexity index is 2210. The van der Waals surface area contributed by atoms with Gasteiger partial charge >= 0.3 is 39.5 Å². The standard InChI is InChI=1S/C97H190O17P2/c1-7-10-12-14-16-18-20-22-24-26-28-30-31-33-37-41-45-49-55-61-67-73-79-94(99)107-85-92(113-96(101)81-76-70-64-57-51-47-43-39-35-34-36-40-44-48-54-60-66-72-78-90(6)9-3)87-111-115(103,104)109-83-91(98)84-110-116(105,106)112-88-93(86-108-95(100)80-74-68-62-58-52-53-59-65-71-77-89(4)5)114-97(102)82-75-69-63-56-50-46-42-38-32-29-27-25-23-21-19-17-15-13-11-8-2/h89-93,98H,7-88H2,1-6H3,(H,103,104)(H,105,106)/t90?,91-,92-,93-/m1/s1. The number of hydrogen-bond donors (Lipinski definition) is 3. The Hall–Kier alpha value is -1.94. The summed E-state index contributed by atoms with van der Waals surface area (Å²) in [5, 5.41) is 10.7. The molecular weight excluding hydrogens is 1500 g/mol. The van der Waals surface area contributed by atoms with Crippen LogP contribution in [0.2, 0.25) is 0 Å². The van der Waals surface area contributed by atoms with Gasteiger partial charge in [-0.2, -0.15) is 0 Å². The van der Waals surface area contributed by atoms with E-state index in [0.29, 0.717) is 25.7 Å². The van der Waals surface area contributed by atoms with Crippen molar-refractivity contribution < 1.29 is 80.2 Å². The Labute approximate surface area is 715 Å². The van der Waals surface area contributed by atoms with Crippen molar-refractivity contribution in [3.8, 4) is 0 Å². The third kappa shape index (κ3) is 88.4. The summed E-state index contributed by atoms with van der Waals surface area (Å²) >= 11 is 0. The van der Waals surface area contributed by atoms with Crippen LogP contribution >= 0.6 is 15.6 Å². The molecule has 0 aromatic carbocycles.